The maximum atomic E-state index is 14.7. The molecule has 0 radical (unpaired) electrons. The summed E-state index contributed by atoms with van der Waals surface area (Å²) in [6.07, 6.45) is -0.734. The summed E-state index contributed by atoms with van der Waals surface area (Å²) in [6.45, 7) is 7.88. The monoisotopic (exact) mass is 1040 g/mol. The maximum Gasteiger partial charge on any atom is 0.508 e. The average molecular weight is 1040 g/mol. The summed E-state index contributed by atoms with van der Waals surface area (Å²) in [5.74, 6) is -7.02. The van der Waals surface area contributed by atoms with Crippen LogP contribution in [0.15, 0.2) is 36.4 Å². The number of carbonyl (C=O) groups excluding carboxylic acids is 10. The number of hydrogen-bond acceptors (Lipinski definition) is 20. The molecule has 2 rings (SSSR count). The van der Waals surface area contributed by atoms with Crippen molar-refractivity contribution in [3.8, 4) is 0 Å². The fourth-order valence-electron chi connectivity index (χ4n) is 7.88. The van der Waals surface area contributed by atoms with E-state index in [1.54, 1.807) is 0 Å². The van der Waals surface area contributed by atoms with Crippen LogP contribution in [0, 0.1) is 0 Å². The second kappa shape index (κ2) is 35.3. The third-order valence-corrected chi connectivity index (χ3v) is 11.9. The summed E-state index contributed by atoms with van der Waals surface area (Å²) in [5.41, 5.74) is -3.48. The normalized spacial score (nSPS) is 12.4. The molecular formula is C54H74O20. The van der Waals surface area contributed by atoms with Crippen molar-refractivity contribution in [3.05, 3.63) is 69.8 Å². The lowest BCUT2D eigenvalue weighted by Crippen LogP contribution is -2.34. The van der Waals surface area contributed by atoms with Crippen LogP contribution < -0.4 is 0 Å². The summed E-state index contributed by atoms with van der Waals surface area (Å²) in [7, 11) is 4.14. The standard InChI is InChI=1S/C54H74O20/c1-9-13-17-21-31-39(69-51(61)65-5)45(55)35-27-25-29-37(43(35)47(57)41(71-53(63)67-7)33-23-19-15-11-3)49(59)73-74-50(60)38-30-26-28-36(46(56)40(70-52(62)66-6)32-22-18-14-10-2)44(38)48(58)42(72-54(64)68-8)34-24-20-16-12-4/h25-30,39-42H,9-24,31-34H2,1-8H3. The van der Waals surface area contributed by atoms with Gasteiger partial charge in [0.1, 0.15) is 0 Å². The first-order valence-corrected chi connectivity index (χ1v) is 25.4. The molecule has 74 heavy (non-hydrogen) atoms. The Labute approximate surface area is 432 Å². The van der Waals surface area contributed by atoms with Crippen molar-refractivity contribution in [3.63, 3.8) is 0 Å². The zero-order chi connectivity index (χ0) is 55.0. The topological polar surface area (TPSA) is 263 Å². The Morgan fingerprint density at radius 3 is 0.824 bits per heavy atom. The van der Waals surface area contributed by atoms with Gasteiger partial charge in [0.2, 0.25) is 23.1 Å². The minimum Gasteiger partial charge on any atom is -0.438 e. The number of rotatable bonds is 34. The predicted octanol–water partition coefficient (Wildman–Crippen LogP) is 11.8. The predicted molar refractivity (Wildman–Crippen MR) is 265 cm³/mol. The van der Waals surface area contributed by atoms with Gasteiger partial charge >= 0.3 is 36.6 Å². The SMILES string of the molecule is CCCCCCC(OC(=O)OC)C(=O)c1cccc(C(=O)OOC(=O)c2cccc(C(=O)C(CCCCCC)OC(=O)OC)c2C(=O)C(CCCCCC)OC(=O)OC)c1C(=O)C(CCCCCC)OC(=O)OC. The van der Waals surface area contributed by atoms with Crippen LogP contribution in [0.5, 0.6) is 0 Å². The number of hydrogen-bond donors (Lipinski definition) is 0. The molecule has 2 aromatic rings. The molecule has 0 aliphatic rings. The molecule has 0 N–H and O–H groups in total. The van der Waals surface area contributed by atoms with Crippen LogP contribution in [0.3, 0.4) is 0 Å². The Morgan fingerprint density at radius 2 is 0.581 bits per heavy atom. The Kier molecular flexibility index (Phi) is 30.2. The number of methoxy groups -OCH3 is 4. The lowest BCUT2D eigenvalue weighted by molar-refractivity contribution is -0.187. The summed E-state index contributed by atoms with van der Waals surface area (Å²) >= 11 is 0. The van der Waals surface area contributed by atoms with Crippen LogP contribution in [0.25, 0.3) is 0 Å². The molecule has 0 heterocycles. The summed E-state index contributed by atoms with van der Waals surface area (Å²) < 4.78 is 40.2. The van der Waals surface area contributed by atoms with Crippen molar-refractivity contribution < 1.29 is 95.6 Å². The second-order valence-corrected chi connectivity index (χ2v) is 17.3. The molecule has 4 atom stereocenters. The smallest absolute Gasteiger partial charge is 0.438 e. The fraction of sp³-hybridized carbons (Fsp3) is 0.593. The number of benzene rings is 2. The molecule has 0 bridgehead atoms. The van der Waals surface area contributed by atoms with Crippen LogP contribution >= 0.6 is 0 Å². The minimum atomic E-state index is -1.62. The Bertz CT molecular complexity index is 2030. The minimum absolute atomic E-state index is 0.00569. The summed E-state index contributed by atoms with van der Waals surface area (Å²) in [4.78, 5) is 147. The molecule has 2 aromatic carbocycles. The Hall–Kier alpha value is -6.86. The van der Waals surface area contributed by atoms with Gasteiger partial charge in [-0.1, -0.05) is 129 Å². The van der Waals surface area contributed by atoms with Crippen LogP contribution in [0.4, 0.5) is 19.2 Å². The van der Waals surface area contributed by atoms with Gasteiger partial charge in [-0.15, -0.1) is 0 Å². The second-order valence-electron chi connectivity index (χ2n) is 17.3. The van der Waals surface area contributed by atoms with Crippen molar-refractivity contribution >= 4 is 59.7 Å². The van der Waals surface area contributed by atoms with Crippen LogP contribution in [0.2, 0.25) is 0 Å². The van der Waals surface area contributed by atoms with E-state index in [0.29, 0.717) is 51.4 Å². The lowest BCUT2D eigenvalue weighted by atomic mass is 9.88. The zero-order valence-electron chi connectivity index (χ0n) is 44.1. The Balaban J connectivity index is 2.88. The quantitative estimate of drug-likeness (QED) is 0.0157. The molecule has 0 aromatic heterocycles. The first-order chi connectivity index (χ1) is 35.6. The van der Waals surface area contributed by atoms with E-state index in [2.05, 4.69) is 18.9 Å². The Morgan fingerprint density at radius 1 is 0.338 bits per heavy atom. The summed E-state index contributed by atoms with van der Waals surface area (Å²) in [5, 5.41) is 0. The number of Topliss-reactive ketones (excluding diaryl/α,β-unsaturated/α-hetero) is 4. The van der Waals surface area contributed by atoms with Gasteiger partial charge in [-0.2, -0.15) is 0 Å². The average Bonchev–Trinajstić information content (AvgIpc) is 3.41. The van der Waals surface area contributed by atoms with Crippen LogP contribution in [-0.4, -0.2) is 113 Å². The molecule has 0 aliphatic carbocycles. The number of carbonyl (C=O) groups is 10. The van der Waals surface area contributed by atoms with Crippen molar-refractivity contribution in [1.82, 2.24) is 0 Å². The number of ether oxygens (including phenoxy) is 8. The number of ketones is 4. The molecular weight excluding hydrogens is 969 g/mol. The van der Waals surface area contributed by atoms with E-state index in [1.165, 1.54) is 24.3 Å². The molecule has 0 amide bonds. The van der Waals surface area contributed by atoms with Gasteiger partial charge in [0.05, 0.1) is 39.6 Å². The van der Waals surface area contributed by atoms with Gasteiger partial charge in [-0.05, 0) is 63.5 Å². The highest BCUT2D eigenvalue weighted by molar-refractivity contribution is 6.18. The summed E-state index contributed by atoms with van der Waals surface area (Å²) in [6, 6.07) is 6.98. The van der Waals surface area contributed by atoms with E-state index in [4.69, 9.17) is 28.7 Å². The fourth-order valence-corrected chi connectivity index (χ4v) is 7.88. The van der Waals surface area contributed by atoms with Crippen molar-refractivity contribution in [2.45, 2.75) is 181 Å². The highest BCUT2D eigenvalue weighted by Crippen LogP contribution is 2.29. The molecule has 0 spiro atoms. The molecule has 410 valence electrons. The number of unbranched alkanes of at least 4 members (excludes halogenated alkanes) is 12. The van der Waals surface area contributed by atoms with Crippen LogP contribution in [0.1, 0.15) is 218 Å². The van der Waals surface area contributed by atoms with E-state index >= 15 is 0 Å². The highest BCUT2D eigenvalue weighted by atomic mass is 17.2. The molecule has 0 fully saturated rings. The van der Waals surface area contributed by atoms with Gasteiger partial charge in [0.15, 0.2) is 24.4 Å². The van der Waals surface area contributed by atoms with Gasteiger partial charge in [-0.3, -0.25) is 19.2 Å². The van der Waals surface area contributed by atoms with Gasteiger partial charge < -0.3 is 37.9 Å². The van der Waals surface area contributed by atoms with Crippen molar-refractivity contribution in [1.29, 1.82) is 0 Å². The maximum absolute atomic E-state index is 14.7. The van der Waals surface area contributed by atoms with E-state index in [9.17, 15) is 47.9 Å². The molecule has 4 unspecified atom stereocenters. The van der Waals surface area contributed by atoms with Gasteiger partial charge in [0, 0.05) is 22.3 Å². The third kappa shape index (κ3) is 20.6. The zero-order valence-corrected chi connectivity index (χ0v) is 44.1. The van der Waals surface area contributed by atoms with E-state index in [0.717, 1.165) is 91.9 Å². The van der Waals surface area contributed by atoms with Crippen molar-refractivity contribution in [2.24, 2.45) is 0 Å². The van der Waals surface area contributed by atoms with Crippen molar-refractivity contribution in [2.75, 3.05) is 28.4 Å². The molecule has 20 nitrogen and oxygen atoms in total. The molecule has 0 aliphatic heterocycles. The van der Waals surface area contributed by atoms with E-state index in [-0.39, 0.29) is 25.7 Å². The molecule has 20 heteroatoms. The molecule has 0 saturated heterocycles. The first-order valence-electron chi connectivity index (χ1n) is 25.4. The highest BCUT2D eigenvalue weighted by Gasteiger charge is 2.38. The van der Waals surface area contributed by atoms with Crippen LogP contribution in [-0.2, 0) is 47.7 Å². The van der Waals surface area contributed by atoms with Gasteiger partial charge in [-0.25, -0.2) is 38.5 Å². The van der Waals surface area contributed by atoms with E-state index in [1.807, 2.05) is 27.7 Å². The first kappa shape index (κ1) is 63.3. The largest absolute Gasteiger partial charge is 0.508 e. The molecule has 0 saturated carbocycles. The van der Waals surface area contributed by atoms with Gasteiger partial charge in [0.25, 0.3) is 0 Å². The van der Waals surface area contributed by atoms with E-state index < -0.39 is 117 Å². The lowest BCUT2D eigenvalue weighted by Gasteiger charge is -2.22. The third-order valence-electron chi connectivity index (χ3n) is 11.9.